The number of hydrogen-bond acceptors (Lipinski definition) is 2. The molecule has 0 fully saturated rings. The van der Waals surface area contributed by atoms with Gasteiger partial charge in [0.05, 0.1) is 0 Å². The summed E-state index contributed by atoms with van der Waals surface area (Å²) in [7, 11) is 0. The Morgan fingerprint density at radius 3 is 2.47 bits per heavy atom. The van der Waals surface area contributed by atoms with Gasteiger partial charge in [-0.05, 0) is 30.0 Å². The first kappa shape index (κ1) is 11.6. The lowest BCUT2D eigenvalue weighted by molar-refractivity contribution is -0.134. The maximum absolute atomic E-state index is 10.3. The molecule has 0 amide bonds. The second-order valence-corrected chi connectivity index (χ2v) is 3.68. The summed E-state index contributed by atoms with van der Waals surface area (Å²) in [5.74, 6) is -0.292. The Morgan fingerprint density at radius 1 is 1.40 bits per heavy atom. The second-order valence-electron chi connectivity index (χ2n) is 3.68. The number of benzene rings is 1. The van der Waals surface area contributed by atoms with Crippen LogP contribution in [0.3, 0.4) is 0 Å². The van der Waals surface area contributed by atoms with Crippen LogP contribution in [0.15, 0.2) is 24.3 Å². The van der Waals surface area contributed by atoms with E-state index in [0.29, 0.717) is 5.92 Å². The molecule has 0 saturated heterocycles. The number of aliphatic carboxylic acids is 1. The Balaban J connectivity index is 2.60. The van der Waals surface area contributed by atoms with Gasteiger partial charge in [-0.15, -0.1) is 0 Å². The molecule has 0 aromatic heterocycles. The molecular formula is C12H17NO2. The highest BCUT2D eigenvalue weighted by Crippen LogP contribution is 2.20. The Morgan fingerprint density at radius 2 is 2.00 bits per heavy atom. The van der Waals surface area contributed by atoms with Crippen molar-refractivity contribution in [3.8, 4) is 0 Å². The van der Waals surface area contributed by atoms with E-state index >= 15 is 0 Å². The summed E-state index contributed by atoms with van der Waals surface area (Å²) in [5, 5.41) is 11.3. The predicted octanol–water partition coefficient (Wildman–Crippen LogP) is 2.70. The third kappa shape index (κ3) is 3.62. The molecule has 0 heterocycles. The third-order valence-electron chi connectivity index (χ3n) is 2.54. The third-order valence-corrected chi connectivity index (χ3v) is 2.54. The Kier molecular flexibility index (Phi) is 4.16. The van der Waals surface area contributed by atoms with E-state index in [1.807, 2.05) is 24.3 Å². The van der Waals surface area contributed by atoms with Crippen molar-refractivity contribution in [1.29, 1.82) is 0 Å². The SMILES string of the molecule is CCC(C)c1ccc(NCC(=O)O)cc1. The van der Waals surface area contributed by atoms with Crippen molar-refractivity contribution in [2.24, 2.45) is 0 Å². The van der Waals surface area contributed by atoms with Gasteiger partial charge in [0.1, 0.15) is 6.54 Å². The Hall–Kier alpha value is -1.51. The lowest BCUT2D eigenvalue weighted by Gasteiger charge is -2.10. The van der Waals surface area contributed by atoms with E-state index in [-0.39, 0.29) is 6.54 Å². The summed E-state index contributed by atoms with van der Waals surface area (Å²) in [4.78, 5) is 10.3. The van der Waals surface area contributed by atoms with Crippen molar-refractivity contribution in [2.45, 2.75) is 26.2 Å². The normalized spacial score (nSPS) is 12.1. The van der Waals surface area contributed by atoms with Crippen molar-refractivity contribution < 1.29 is 9.90 Å². The minimum absolute atomic E-state index is 0.0390. The molecule has 1 rings (SSSR count). The van der Waals surface area contributed by atoms with Crippen LogP contribution in [0, 0.1) is 0 Å². The van der Waals surface area contributed by atoms with Crippen molar-refractivity contribution in [3.05, 3.63) is 29.8 Å². The lowest BCUT2D eigenvalue weighted by Crippen LogP contribution is -2.12. The van der Waals surface area contributed by atoms with Crippen LogP contribution in [0.4, 0.5) is 5.69 Å². The van der Waals surface area contributed by atoms with Gasteiger partial charge in [-0.25, -0.2) is 0 Å². The first-order valence-corrected chi connectivity index (χ1v) is 5.19. The zero-order valence-electron chi connectivity index (χ0n) is 9.16. The molecule has 0 bridgehead atoms. The van der Waals surface area contributed by atoms with Crippen LogP contribution < -0.4 is 5.32 Å². The molecule has 1 atom stereocenters. The van der Waals surface area contributed by atoms with E-state index in [2.05, 4.69) is 19.2 Å². The zero-order valence-corrected chi connectivity index (χ0v) is 9.16. The fraction of sp³-hybridized carbons (Fsp3) is 0.417. The highest BCUT2D eigenvalue weighted by Gasteiger charge is 2.02. The van der Waals surface area contributed by atoms with Crippen LogP contribution >= 0.6 is 0 Å². The number of carboxylic acid groups (broad SMARTS) is 1. The van der Waals surface area contributed by atoms with Gasteiger partial charge in [0.2, 0.25) is 0 Å². The fourth-order valence-electron chi connectivity index (χ4n) is 1.34. The minimum atomic E-state index is -0.846. The summed E-state index contributed by atoms with van der Waals surface area (Å²) in [6.45, 7) is 4.30. The molecule has 0 aliphatic carbocycles. The minimum Gasteiger partial charge on any atom is -0.480 e. The van der Waals surface area contributed by atoms with Crippen molar-refractivity contribution in [2.75, 3.05) is 11.9 Å². The molecule has 3 heteroatoms. The van der Waals surface area contributed by atoms with Crippen LogP contribution in [0.1, 0.15) is 31.7 Å². The van der Waals surface area contributed by atoms with Gasteiger partial charge in [0.15, 0.2) is 0 Å². The smallest absolute Gasteiger partial charge is 0.322 e. The molecule has 0 saturated carbocycles. The number of rotatable bonds is 5. The van der Waals surface area contributed by atoms with Crippen molar-refractivity contribution in [1.82, 2.24) is 0 Å². The van der Waals surface area contributed by atoms with Crippen LogP contribution in [0.5, 0.6) is 0 Å². The second kappa shape index (κ2) is 5.39. The molecule has 15 heavy (non-hydrogen) atoms. The van der Waals surface area contributed by atoms with E-state index in [9.17, 15) is 4.79 Å². The molecule has 2 N–H and O–H groups in total. The monoisotopic (exact) mass is 207 g/mol. The zero-order chi connectivity index (χ0) is 11.3. The molecular weight excluding hydrogens is 190 g/mol. The van der Waals surface area contributed by atoms with E-state index in [1.165, 1.54) is 5.56 Å². The molecule has 82 valence electrons. The number of hydrogen-bond donors (Lipinski definition) is 2. The van der Waals surface area contributed by atoms with Gasteiger partial charge in [-0.3, -0.25) is 4.79 Å². The summed E-state index contributed by atoms with van der Waals surface area (Å²) < 4.78 is 0. The summed E-state index contributed by atoms with van der Waals surface area (Å²) in [6.07, 6.45) is 1.11. The number of carbonyl (C=O) groups is 1. The summed E-state index contributed by atoms with van der Waals surface area (Å²) >= 11 is 0. The van der Waals surface area contributed by atoms with Gasteiger partial charge in [0.25, 0.3) is 0 Å². The molecule has 0 radical (unpaired) electrons. The van der Waals surface area contributed by atoms with Crippen LogP contribution in [0.25, 0.3) is 0 Å². The highest BCUT2D eigenvalue weighted by atomic mass is 16.4. The molecule has 1 aromatic carbocycles. The highest BCUT2D eigenvalue weighted by molar-refractivity contribution is 5.72. The van der Waals surface area contributed by atoms with Crippen molar-refractivity contribution in [3.63, 3.8) is 0 Å². The van der Waals surface area contributed by atoms with E-state index in [4.69, 9.17) is 5.11 Å². The topological polar surface area (TPSA) is 49.3 Å². The average molecular weight is 207 g/mol. The van der Waals surface area contributed by atoms with Gasteiger partial charge in [-0.2, -0.15) is 0 Å². The van der Waals surface area contributed by atoms with Crippen LogP contribution in [-0.2, 0) is 4.79 Å². The average Bonchev–Trinajstić information content (AvgIpc) is 2.26. The quantitative estimate of drug-likeness (QED) is 0.780. The lowest BCUT2D eigenvalue weighted by atomic mass is 9.99. The maximum Gasteiger partial charge on any atom is 0.322 e. The van der Waals surface area contributed by atoms with Crippen molar-refractivity contribution >= 4 is 11.7 Å². The fourth-order valence-corrected chi connectivity index (χ4v) is 1.34. The van der Waals surface area contributed by atoms with Crippen LogP contribution in [0.2, 0.25) is 0 Å². The number of carboxylic acids is 1. The number of anilines is 1. The summed E-state index contributed by atoms with van der Waals surface area (Å²) in [5.41, 5.74) is 2.14. The maximum atomic E-state index is 10.3. The molecule has 0 aliphatic rings. The Labute approximate surface area is 90.1 Å². The standard InChI is InChI=1S/C12H17NO2/c1-3-9(2)10-4-6-11(7-5-10)13-8-12(14)15/h4-7,9,13H,3,8H2,1-2H3,(H,14,15). The van der Waals surface area contributed by atoms with Crippen LogP contribution in [-0.4, -0.2) is 17.6 Å². The molecule has 3 nitrogen and oxygen atoms in total. The largest absolute Gasteiger partial charge is 0.480 e. The van der Waals surface area contributed by atoms with E-state index < -0.39 is 5.97 Å². The van der Waals surface area contributed by atoms with Gasteiger partial charge in [-0.1, -0.05) is 26.0 Å². The van der Waals surface area contributed by atoms with Gasteiger partial charge in [0, 0.05) is 5.69 Å². The Bertz CT molecular complexity index is 319. The number of nitrogens with one attached hydrogen (secondary N) is 1. The molecule has 1 aromatic rings. The molecule has 0 aliphatic heterocycles. The first-order valence-electron chi connectivity index (χ1n) is 5.19. The molecule has 0 spiro atoms. The predicted molar refractivity (Wildman–Crippen MR) is 61.3 cm³/mol. The van der Waals surface area contributed by atoms with Gasteiger partial charge < -0.3 is 10.4 Å². The molecule has 1 unspecified atom stereocenters. The summed E-state index contributed by atoms with van der Waals surface area (Å²) in [6, 6.07) is 7.92. The van der Waals surface area contributed by atoms with E-state index in [0.717, 1.165) is 12.1 Å². The van der Waals surface area contributed by atoms with Gasteiger partial charge >= 0.3 is 5.97 Å². The first-order chi connectivity index (χ1) is 7.13. The van der Waals surface area contributed by atoms with E-state index in [1.54, 1.807) is 0 Å².